The maximum Gasteiger partial charge on any atom is 0.324 e. The number of unbranched alkanes of at least 4 members (excludes halogenated alkanes) is 8. The molecule has 0 fully saturated rings. The Morgan fingerprint density at radius 3 is 1.45 bits per heavy atom. The molecule has 0 bridgehead atoms. The van der Waals surface area contributed by atoms with Crippen LogP contribution in [0.1, 0.15) is 78.1 Å². The second-order valence-corrected chi connectivity index (χ2v) is 7.80. The molecule has 0 amide bonds. The van der Waals surface area contributed by atoms with E-state index in [-0.39, 0.29) is 19.5 Å². The van der Waals surface area contributed by atoms with Crippen molar-refractivity contribution in [3.63, 3.8) is 0 Å². The zero-order valence-electron chi connectivity index (χ0n) is 13.3. The molecule has 1 N–H and O–H groups in total. The van der Waals surface area contributed by atoms with Crippen molar-refractivity contribution in [1.82, 2.24) is 0 Å². The molecule has 0 spiro atoms. The van der Waals surface area contributed by atoms with Gasteiger partial charge >= 0.3 is 6.72 Å². The summed E-state index contributed by atoms with van der Waals surface area (Å²) in [7, 11) is 0. The van der Waals surface area contributed by atoms with E-state index in [0.29, 0.717) is 13.2 Å². The molecule has 0 aliphatic heterocycles. The monoisotopic (exact) mass is 374 g/mol. The Morgan fingerprint density at radius 2 is 1.10 bits per heavy atom. The second kappa shape index (κ2) is 16.5. The third-order valence-corrected chi connectivity index (χ3v) is 4.65. The summed E-state index contributed by atoms with van der Waals surface area (Å²) in [4.78, 5) is 9.80. The molecule has 0 aromatic rings. The fourth-order valence-corrected chi connectivity index (χ4v) is 3.05. The molecule has 0 aliphatic rings. The minimum absolute atomic E-state index is 0. The minimum atomic E-state index is -2.97. The predicted octanol–water partition coefficient (Wildman–Crippen LogP) is 5.17. The molecule has 0 radical (unpaired) electrons. The van der Waals surface area contributed by atoms with Gasteiger partial charge in [0.1, 0.15) is 0 Å². The Labute approximate surface area is 143 Å². The molecule has 0 aromatic carbocycles. The maximum absolute atomic E-state index is 9.80. The van der Waals surface area contributed by atoms with Crippen molar-refractivity contribution in [3.8, 4) is 0 Å². The van der Waals surface area contributed by atoms with Gasteiger partial charge in [-0.1, -0.05) is 65.2 Å². The van der Waals surface area contributed by atoms with Crippen LogP contribution in [0, 0.1) is 0 Å². The molecule has 0 atom stereocenters. The third-order valence-electron chi connectivity index (χ3n) is 3.00. The van der Waals surface area contributed by atoms with E-state index in [1.165, 1.54) is 38.5 Å². The Morgan fingerprint density at radius 1 is 0.750 bits per heavy atom. The fraction of sp³-hybridized carbons (Fsp3) is 1.00. The summed E-state index contributed by atoms with van der Waals surface area (Å²) in [5.74, 6) is 0. The van der Waals surface area contributed by atoms with Gasteiger partial charge in [-0.2, -0.15) is 0 Å². The van der Waals surface area contributed by atoms with E-state index in [1.807, 2.05) is 0 Å². The zero-order valence-corrected chi connectivity index (χ0v) is 18.0. The first-order valence-electron chi connectivity index (χ1n) is 7.74. The first kappa shape index (κ1) is 23.4. The average molecular weight is 376 g/mol. The van der Waals surface area contributed by atoms with Crippen molar-refractivity contribution in [1.29, 1.82) is 0 Å². The van der Waals surface area contributed by atoms with Gasteiger partial charge in [-0.25, -0.2) is 0 Å². The van der Waals surface area contributed by atoms with Crippen LogP contribution in [0.15, 0.2) is 0 Å². The Kier molecular flexibility index (Phi) is 19.3. The predicted molar refractivity (Wildman–Crippen MR) is 85.9 cm³/mol. The topological polar surface area (TPSA) is 38.7 Å². The van der Waals surface area contributed by atoms with Crippen LogP contribution in [0.3, 0.4) is 0 Å². The van der Waals surface area contributed by atoms with Crippen molar-refractivity contribution < 1.29 is 33.4 Å². The third kappa shape index (κ3) is 17.2. The van der Waals surface area contributed by atoms with E-state index >= 15 is 0 Å². The van der Waals surface area contributed by atoms with E-state index in [2.05, 4.69) is 13.8 Å². The van der Waals surface area contributed by atoms with Crippen LogP contribution >= 0.6 is 6.72 Å². The SMILES string of the molecule is CCCCCCCOP(O)(=S)OCCCCCCC.[Zn]. The first-order chi connectivity index (χ1) is 9.12. The van der Waals surface area contributed by atoms with Crippen LogP contribution in [0.2, 0.25) is 0 Å². The molecule has 0 aromatic heterocycles. The number of rotatable bonds is 14. The molecule has 118 valence electrons. The molecule has 0 unspecified atom stereocenters. The van der Waals surface area contributed by atoms with E-state index in [9.17, 15) is 4.89 Å². The smallest absolute Gasteiger partial charge is 0.324 e. The molecule has 0 saturated carbocycles. The van der Waals surface area contributed by atoms with Gasteiger partial charge in [0.25, 0.3) is 0 Å². The molecular weight excluding hydrogens is 345 g/mol. The van der Waals surface area contributed by atoms with Crippen molar-refractivity contribution >= 4 is 18.5 Å². The second-order valence-electron chi connectivity index (χ2n) is 4.96. The quantitative estimate of drug-likeness (QED) is 0.258. The van der Waals surface area contributed by atoms with Crippen molar-refractivity contribution in [2.75, 3.05) is 13.2 Å². The van der Waals surface area contributed by atoms with Gasteiger partial charge in [-0.05, 0) is 24.6 Å². The summed E-state index contributed by atoms with van der Waals surface area (Å²) >= 11 is 4.97. The average Bonchev–Trinajstić information content (AvgIpc) is 2.38. The molecule has 3 nitrogen and oxygen atoms in total. The first-order valence-corrected chi connectivity index (χ1v) is 10.3. The molecule has 0 saturated heterocycles. The Hall–Kier alpha value is 1.15. The largest absolute Gasteiger partial charge is 0.324 e. The Bertz CT molecular complexity index is 222. The van der Waals surface area contributed by atoms with Gasteiger partial charge in [0.05, 0.1) is 13.2 Å². The molecule has 6 heteroatoms. The van der Waals surface area contributed by atoms with Crippen LogP contribution in [-0.2, 0) is 40.3 Å². The summed E-state index contributed by atoms with van der Waals surface area (Å²) < 4.78 is 10.6. The molecule has 0 aliphatic carbocycles. The van der Waals surface area contributed by atoms with Crippen LogP contribution in [0.5, 0.6) is 0 Å². The van der Waals surface area contributed by atoms with Crippen molar-refractivity contribution in [2.45, 2.75) is 78.1 Å². The van der Waals surface area contributed by atoms with E-state index in [4.69, 9.17) is 20.9 Å². The number of hydrogen-bond donors (Lipinski definition) is 1. The van der Waals surface area contributed by atoms with Gasteiger partial charge in [-0.15, -0.1) is 0 Å². The summed E-state index contributed by atoms with van der Waals surface area (Å²) in [6.45, 7) is 2.46. The molecular formula is C14H31O3PSZn. The maximum atomic E-state index is 9.80. The fourth-order valence-electron chi connectivity index (χ4n) is 1.81. The summed E-state index contributed by atoms with van der Waals surface area (Å²) in [6.07, 6.45) is 11.7. The van der Waals surface area contributed by atoms with Crippen LogP contribution < -0.4 is 0 Å². The van der Waals surface area contributed by atoms with E-state index < -0.39 is 6.72 Å². The van der Waals surface area contributed by atoms with Gasteiger partial charge in [-0.3, -0.25) is 0 Å². The van der Waals surface area contributed by atoms with Crippen LogP contribution in [0.4, 0.5) is 0 Å². The van der Waals surface area contributed by atoms with E-state index in [0.717, 1.165) is 25.7 Å². The Balaban J connectivity index is 0. The van der Waals surface area contributed by atoms with Crippen molar-refractivity contribution in [2.24, 2.45) is 0 Å². The van der Waals surface area contributed by atoms with Gasteiger partial charge in [0.15, 0.2) is 0 Å². The van der Waals surface area contributed by atoms with Gasteiger partial charge in [0, 0.05) is 19.5 Å². The summed E-state index contributed by atoms with van der Waals surface area (Å²) in [5.41, 5.74) is 0. The zero-order chi connectivity index (χ0) is 14.4. The normalized spacial score (nSPS) is 11.3. The van der Waals surface area contributed by atoms with Gasteiger partial charge in [0.2, 0.25) is 0 Å². The molecule has 20 heavy (non-hydrogen) atoms. The number of hydrogen-bond acceptors (Lipinski definition) is 3. The standard InChI is InChI=1S/C14H31O3PS.Zn/c1-3-5-7-9-11-13-16-18(15,19)17-14-12-10-8-6-4-2;/h3-14H2,1-2H3,(H,15,19);. The van der Waals surface area contributed by atoms with E-state index in [1.54, 1.807) is 0 Å². The van der Waals surface area contributed by atoms with Crippen LogP contribution in [-0.4, -0.2) is 18.1 Å². The minimum Gasteiger partial charge on any atom is -0.324 e. The summed E-state index contributed by atoms with van der Waals surface area (Å²) in [6, 6.07) is 0. The molecule has 0 rings (SSSR count). The van der Waals surface area contributed by atoms with Gasteiger partial charge < -0.3 is 13.9 Å². The molecule has 0 heterocycles. The van der Waals surface area contributed by atoms with Crippen LogP contribution in [0.25, 0.3) is 0 Å². The summed E-state index contributed by atoms with van der Waals surface area (Å²) in [5, 5.41) is 0. The van der Waals surface area contributed by atoms with Crippen molar-refractivity contribution in [3.05, 3.63) is 0 Å².